The highest BCUT2D eigenvalue weighted by Crippen LogP contribution is 2.31. The molecule has 2 fully saturated rings. The number of piperidine rings is 1. The van der Waals surface area contributed by atoms with Crippen LogP contribution in [0.25, 0.3) is 5.65 Å². The molecule has 0 spiro atoms. The normalized spacial score (nSPS) is 28.1. The van der Waals surface area contributed by atoms with Gasteiger partial charge in [0.15, 0.2) is 0 Å². The summed E-state index contributed by atoms with van der Waals surface area (Å²) in [6.07, 6.45) is 5.97. The summed E-state index contributed by atoms with van der Waals surface area (Å²) >= 11 is 3.34. The molecule has 1 saturated heterocycles. The van der Waals surface area contributed by atoms with E-state index in [2.05, 4.69) is 31.5 Å². The Morgan fingerprint density at radius 1 is 1.40 bits per heavy atom. The molecule has 5 nitrogen and oxygen atoms in total. The molecule has 3 unspecified atom stereocenters. The van der Waals surface area contributed by atoms with Crippen LogP contribution >= 0.6 is 15.9 Å². The minimum Gasteiger partial charge on any atom is -0.348 e. The maximum absolute atomic E-state index is 12.3. The van der Waals surface area contributed by atoms with Crippen molar-refractivity contribution in [2.75, 3.05) is 6.54 Å². The van der Waals surface area contributed by atoms with Crippen LogP contribution in [0.15, 0.2) is 29.1 Å². The molecule has 104 valence electrons. The molecule has 2 aromatic heterocycles. The molecule has 3 heterocycles. The zero-order valence-corrected chi connectivity index (χ0v) is 12.4. The lowest BCUT2D eigenvalue weighted by Crippen LogP contribution is -2.47. The highest BCUT2D eigenvalue weighted by Gasteiger charge is 2.40. The van der Waals surface area contributed by atoms with Gasteiger partial charge in [-0.1, -0.05) is 0 Å². The Labute approximate surface area is 124 Å². The van der Waals surface area contributed by atoms with Gasteiger partial charge in [0.25, 0.3) is 5.91 Å². The Hall–Kier alpha value is -1.40. The van der Waals surface area contributed by atoms with E-state index in [0.29, 0.717) is 11.6 Å². The molecule has 2 bridgehead atoms. The third kappa shape index (κ3) is 2.03. The number of carbonyl (C=O) groups is 1. The first kappa shape index (κ1) is 12.3. The second-order valence-electron chi connectivity index (χ2n) is 5.68. The lowest BCUT2D eigenvalue weighted by Gasteiger charge is -2.23. The molecule has 0 aromatic carbocycles. The molecule has 20 heavy (non-hydrogen) atoms. The molecule has 1 aliphatic carbocycles. The van der Waals surface area contributed by atoms with Crippen molar-refractivity contribution >= 4 is 27.5 Å². The first-order chi connectivity index (χ1) is 9.69. The molecular formula is C14H15BrN4O. The number of amides is 1. The molecule has 2 aromatic rings. The lowest BCUT2D eigenvalue weighted by molar-refractivity contribution is 0.0928. The van der Waals surface area contributed by atoms with Crippen molar-refractivity contribution in [2.45, 2.75) is 24.9 Å². The monoisotopic (exact) mass is 334 g/mol. The SMILES string of the molecule is O=C(NC1CC2CNC1C2)c1ccc2nc(Br)cn2c1. The van der Waals surface area contributed by atoms with E-state index in [1.165, 1.54) is 6.42 Å². The standard InChI is InChI=1S/C14H15BrN4O/c15-12-7-19-6-9(1-2-13(19)18-12)14(20)17-11-4-8-3-10(11)16-5-8/h1-2,6-8,10-11,16H,3-5H2,(H,17,20). The molecule has 6 heteroatoms. The van der Waals surface area contributed by atoms with E-state index in [0.717, 1.165) is 29.1 Å². The zero-order chi connectivity index (χ0) is 13.7. The van der Waals surface area contributed by atoms with Crippen molar-refractivity contribution in [3.63, 3.8) is 0 Å². The van der Waals surface area contributed by atoms with Crippen molar-refractivity contribution in [3.8, 4) is 0 Å². The highest BCUT2D eigenvalue weighted by molar-refractivity contribution is 9.10. The quantitative estimate of drug-likeness (QED) is 0.876. The van der Waals surface area contributed by atoms with Crippen LogP contribution in [0, 0.1) is 5.92 Å². The largest absolute Gasteiger partial charge is 0.348 e. The predicted octanol–water partition coefficient (Wildman–Crippen LogP) is 1.58. The molecule has 2 aliphatic rings. The molecule has 3 atom stereocenters. The van der Waals surface area contributed by atoms with Gasteiger partial charge in [0, 0.05) is 24.5 Å². The van der Waals surface area contributed by atoms with E-state index in [1.54, 1.807) is 0 Å². The van der Waals surface area contributed by atoms with Crippen LogP contribution in [0.5, 0.6) is 0 Å². The second-order valence-corrected chi connectivity index (χ2v) is 6.49. The number of rotatable bonds is 2. The Morgan fingerprint density at radius 2 is 2.30 bits per heavy atom. The number of carbonyl (C=O) groups excluding carboxylic acids is 1. The summed E-state index contributed by atoms with van der Waals surface area (Å²) in [4.78, 5) is 16.6. The molecule has 2 N–H and O–H groups in total. The van der Waals surface area contributed by atoms with E-state index in [-0.39, 0.29) is 11.9 Å². The van der Waals surface area contributed by atoms with E-state index in [1.807, 2.05) is 28.9 Å². The maximum Gasteiger partial charge on any atom is 0.253 e. The third-order valence-electron chi connectivity index (χ3n) is 4.33. The van der Waals surface area contributed by atoms with E-state index < -0.39 is 0 Å². The molecule has 1 amide bonds. The summed E-state index contributed by atoms with van der Waals surface area (Å²) in [5, 5.41) is 6.61. The summed E-state index contributed by atoms with van der Waals surface area (Å²) in [6, 6.07) is 4.41. The van der Waals surface area contributed by atoms with Crippen molar-refractivity contribution in [2.24, 2.45) is 5.92 Å². The Bertz CT molecular complexity index is 683. The molecule has 1 aliphatic heterocycles. The number of fused-ring (bicyclic) bond motifs is 3. The minimum atomic E-state index is -0.00364. The summed E-state index contributed by atoms with van der Waals surface area (Å²) in [7, 11) is 0. The number of nitrogens with zero attached hydrogens (tertiary/aromatic N) is 2. The number of aromatic nitrogens is 2. The van der Waals surface area contributed by atoms with Gasteiger partial charge in [-0.25, -0.2) is 4.98 Å². The molecule has 0 radical (unpaired) electrons. The number of hydrogen-bond acceptors (Lipinski definition) is 3. The van der Waals surface area contributed by atoms with E-state index in [4.69, 9.17) is 0 Å². The van der Waals surface area contributed by atoms with Gasteiger partial charge in [0.05, 0.1) is 5.56 Å². The average molecular weight is 335 g/mol. The highest BCUT2D eigenvalue weighted by atomic mass is 79.9. The van der Waals surface area contributed by atoms with Crippen molar-refractivity contribution in [3.05, 3.63) is 34.7 Å². The lowest BCUT2D eigenvalue weighted by atomic mass is 10.1. The van der Waals surface area contributed by atoms with Crippen LogP contribution in [0.3, 0.4) is 0 Å². The Balaban J connectivity index is 1.54. The van der Waals surface area contributed by atoms with Gasteiger partial charge in [-0.15, -0.1) is 0 Å². The third-order valence-corrected chi connectivity index (χ3v) is 4.71. The van der Waals surface area contributed by atoms with Gasteiger partial charge < -0.3 is 15.0 Å². The number of imidazole rings is 1. The van der Waals surface area contributed by atoms with Gasteiger partial charge in [-0.3, -0.25) is 4.79 Å². The van der Waals surface area contributed by atoms with Gasteiger partial charge in [0.1, 0.15) is 10.3 Å². The fourth-order valence-corrected chi connectivity index (χ4v) is 3.76. The second kappa shape index (κ2) is 4.56. The van der Waals surface area contributed by atoms with Gasteiger partial charge >= 0.3 is 0 Å². The number of hydrogen-bond donors (Lipinski definition) is 2. The van der Waals surface area contributed by atoms with Gasteiger partial charge in [-0.2, -0.15) is 0 Å². The first-order valence-corrected chi connectivity index (χ1v) is 7.67. The van der Waals surface area contributed by atoms with Gasteiger partial charge in [0.2, 0.25) is 0 Å². The van der Waals surface area contributed by atoms with Crippen LogP contribution < -0.4 is 10.6 Å². The van der Waals surface area contributed by atoms with Crippen molar-refractivity contribution < 1.29 is 4.79 Å². The minimum absolute atomic E-state index is 0.00364. The number of pyridine rings is 1. The van der Waals surface area contributed by atoms with Crippen molar-refractivity contribution in [1.82, 2.24) is 20.0 Å². The van der Waals surface area contributed by atoms with Gasteiger partial charge in [-0.05, 0) is 53.4 Å². The van der Waals surface area contributed by atoms with Crippen LogP contribution in [0.4, 0.5) is 0 Å². The summed E-state index contributed by atoms with van der Waals surface area (Å²) in [5.74, 6) is 0.730. The predicted molar refractivity (Wildman–Crippen MR) is 78.7 cm³/mol. The maximum atomic E-state index is 12.3. The summed E-state index contributed by atoms with van der Waals surface area (Å²) in [6.45, 7) is 1.10. The molecule has 1 saturated carbocycles. The van der Waals surface area contributed by atoms with Crippen LogP contribution in [-0.2, 0) is 0 Å². The number of halogens is 1. The Kier molecular flexibility index (Phi) is 2.82. The zero-order valence-electron chi connectivity index (χ0n) is 10.8. The average Bonchev–Trinajstić information content (AvgIpc) is 3.10. The van der Waals surface area contributed by atoms with E-state index in [9.17, 15) is 4.79 Å². The smallest absolute Gasteiger partial charge is 0.253 e. The summed E-state index contributed by atoms with van der Waals surface area (Å²) < 4.78 is 2.63. The fourth-order valence-electron chi connectivity index (χ4n) is 3.36. The Morgan fingerprint density at radius 3 is 3.05 bits per heavy atom. The van der Waals surface area contributed by atoms with E-state index >= 15 is 0 Å². The number of nitrogens with one attached hydrogen (secondary N) is 2. The fraction of sp³-hybridized carbons (Fsp3) is 0.429. The van der Waals surface area contributed by atoms with Crippen LogP contribution in [0.2, 0.25) is 0 Å². The van der Waals surface area contributed by atoms with Crippen molar-refractivity contribution in [1.29, 1.82) is 0 Å². The van der Waals surface area contributed by atoms with Crippen LogP contribution in [0.1, 0.15) is 23.2 Å². The van der Waals surface area contributed by atoms with Crippen LogP contribution in [-0.4, -0.2) is 33.9 Å². The molecular weight excluding hydrogens is 320 g/mol. The molecule has 4 rings (SSSR count). The first-order valence-electron chi connectivity index (χ1n) is 6.87. The summed E-state index contributed by atoms with van der Waals surface area (Å²) in [5.41, 5.74) is 1.50. The topological polar surface area (TPSA) is 58.4 Å².